The zero-order valence-electron chi connectivity index (χ0n) is 12.1. The fourth-order valence-corrected chi connectivity index (χ4v) is 2.74. The summed E-state index contributed by atoms with van der Waals surface area (Å²) < 4.78 is 38.4. The fourth-order valence-electron chi connectivity index (χ4n) is 2.06. The van der Waals surface area contributed by atoms with Gasteiger partial charge in [-0.3, -0.25) is 0 Å². The second-order valence-electron chi connectivity index (χ2n) is 4.97. The highest BCUT2D eigenvalue weighted by Crippen LogP contribution is 2.30. The maximum atomic E-state index is 12.8. The van der Waals surface area contributed by atoms with Crippen LogP contribution in [0.2, 0.25) is 0 Å². The second kappa shape index (κ2) is 6.36. The zero-order chi connectivity index (χ0) is 16.3. The third-order valence-electron chi connectivity index (χ3n) is 3.39. The van der Waals surface area contributed by atoms with Crippen LogP contribution in [0.15, 0.2) is 29.0 Å². The minimum absolute atomic E-state index is 0.0556. The van der Waals surface area contributed by atoms with Crippen molar-refractivity contribution >= 4 is 17.2 Å². The Kier molecular flexibility index (Phi) is 4.71. The quantitative estimate of drug-likeness (QED) is 0.849. The summed E-state index contributed by atoms with van der Waals surface area (Å²) in [7, 11) is 1.65. The molecule has 0 bridgehead atoms. The Morgan fingerprint density at radius 2 is 2.09 bits per heavy atom. The van der Waals surface area contributed by atoms with Gasteiger partial charge in [0.05, 0.1) is 5.56 Å². The van der Waals surface area contributed by atoms with Crippen molar-refractivity contribution < 1.29 is 13.2 Å². The smallest absolute Gasteiger partial charge is 0.356 e. The van der Waals surface area contributed by atoms with Gasteiger partial charge in [0.1, 0.15) is 17.6 Å². The van der Waals surface area contributed by atoms with Crippen LogP contribution >= 0.6 is 11.3 Å². The van der Waals surface area contributed by atoms with Crippen LogP contribution in [0.1, 0.15) is 23.7 Å². The molecular weight excluding hydrogens is 311 g/mol. The molecule has 0 radical (unpaired) electrons. The predicted octanol–water partition coefficient (Wildman–Crippen LogP) is 4.10. The van der Waals surface area contributed by atoms with E-state index >= 15 is 0 Å². The van der Waals surface area contributed by atoms with E-state index in [1.165, 1.54) is 6.07 Å². The molecule has 0 aliphatic carbocycles. The summed E-state index contributed by atoms with van der Waals surface area (Å²) in [6, 6.07) is 5.78. The minimum atomic E-state index is -4.53. The summed E-state index contributed by atoms with van der Waals surface area (Å²) in [5.74, 6) is 0.0556. The summed E-state index contributed by atoms with van der Waals surface area (Å²) in [5, 5.41) is 13.0. The van der Waals surface area contributed by atoms with Gasteiger partial charge in [-0.1, -0.05) is 0 Å². The normalized spacial score (nSPS) is 12.7. The molecule has 0 saturated carbocycles. The summed E-state index contributed by atoms with van der Waals surface area (Å²) >= 11 is 1.57. The third kappa shape index (κ3) is 3.57. The maximum absolute atomic E-state index is 12.8. The molecule has 7 heteroatoms. The Morgan fingerprint density at radius 1 is 1.36 bits per heavy atom. The van der Waals surface area contributed by atoms with E-state index in [1.807, 2.05) is 29.8 Å². The summed E-state index contributed by atoms with van der Waals surface area (Å²) in [4.78, 5) is 5.26. The largest absolute Gasteiger partial charge is 0.433 e. The molecule has 0 spiro atoms. The average Bonchev–Trinajstić information content (AvgIpc) is 2.97. The number of nitriles is 1. The molecule has 0 saturated heterocycles. The van der Waals surface area contributed by atoms with E-state index in [-0.39, 0.29) is 17.4 Å². The molecule has 3 nitrogen and oxygen atoms in total. The van der Waals surface area contributed by atoms with Crippen LogP contribution in [0.5, 0.6) is 0 Å². The van der Waals surface area contributed by atoms with Gasteiger partial charge >= 0.3 is 6.18 Å². The molecule has 0 amide bonds. The van der Waals surface area contributed by atoms with Crippen LogP contribution in [-0.4, -0.2) is 18.1 Å². The first kappa shape index (κ1) is 16.3. The summed E-state index contributed by atoms with van der Waals surface area (Å²) in [6.07, 6.45) is -3.86. The van der Waals surface area contributed by atoms with Crippen LogP contribution in [0, 0.1) is 11.3 Å². The number of alkyl halides is 3. The highest BCUT2D eigenvalue weighted by Gasteiger charge is 2.33. The van der Waals surface area contributed by atoms with Gasteiger partial charge in [0.15, 0.2) is 0 Å². The number of anilines is 1. The number of rotatable bonds is 4. The Balaban J connectivity index is 2.31. The van der Waals surface area contributed by atoms with Crippen LogP contribution in [0.25, 0.3) is 0 Å². The van der Waals surface area contributed by atoms with E-state index in [0.717, 1.165) is 11.6 Å². The van der Waals surface area contributed by atoms with Crippen LogP contribution in [-0.2, 0) is 12.6 Å². The highest BCUT2D eigenvalue weighted by atomic mass is 32.1. The van der Waals surface area contributed by atoms with Crippen molar-refractivity contribution in [2.75, 3.05) is 11.9 Å². The van der Waals surface area contributed by atoms with Crippen LogP contribution in [0.4, 0.5) is 19.0 Å². The molecule has 2 heterocycles. The van der Waals surface area contributed by atoms with E-state index in [4.69, 9.17) is 5.26 Å². The van der Waals surface area contributed by atoms with E-state index in [2.05, 4.69) is 4.98 Å². The lowest BCUT2D eigenvalue weighted by molar-refractivity contribution is -0.141. The first-order chi connectivity index (χ1) is 10.3. The SMILES string of the molecule is CC(Cc1ccsc1)N(C)c1nc(C(F)(F)F)ccc1C#N. The monoisotopic (exact) mass is 325 g/mol. The van der Waals surface area contributed by atoms with E-state index in [1.54, 1.807) is 23.3 Å². The van der Waals surface area contributed by atoms with Gasteiger partial charge in [0.2, 0.25) is 0 Å². The number of hydrogen-bond acceptors (Lipinski definition) is 4. The van der Waals surface area contributed by atoms with Crippen molar-refractivity contribution in [1.29, 1.82) is 5.26 Å². The number of hydrogen-bond donors (Lipinski definition) is 0. The summed E-state index contributed by atoms with van der Waals surface area (Å²) in [5.41, 5.74) is 0.249. The molecule has 0 fully saturated rings. The van der Waals surface area contributed by atoms with Crippen LogP contribution < -0.4 is 4.90 Å². The van der Waals surface area contributed by atoms with Crippen molar-refractivity contribution in [2.45, 2.75) is 25.6 Å². The summed E-state index contributed by atoms with van der Waals surface area (Å²) in [6.45, 7) is 1.89. The Hall–Kier alpha value is -2.07. The third-order valence-corrected chi connectivity index (χ3v) is 4.12. The number of aromatic nitrogens is 1. The molecule has 22 heavy (non-hydrogen) atoms. The number of thiophene rings is 1. The van der Waals surface area contributed by atoms with Crippen molar-refractivity contribution in [3.8, 4) is 6.07 Å². The Morgan fingerprint density at radius 3 is 2.64 bits per heavy atom. The zero-order valence-corrected chi connectivity index (χ0v) is 12.9. The molecule has 1 unspecified atom stereocenters. The lowest BCUT2D eigenvalue weighted by Gasteiger charge is -2.27. The van der Waals surface area contributed by atoms with E-state index < -0.39 is 11.9 Å². The van der Waals surface area contributed by atoms with Crippen LogP contribution in [0.3, 0.4) is 0 Å². The maximum Gasteiger partial charge on any atom is 0.433 e. The van der Waals surface area contributed by atoms with E-state index in [0.29, 0.717) is 6.42 Å². The number of pyridine rings is 1. The van der Waals surface area contributed by atoms with Gasteiger partial charge in [0, 0.05) is 13.1 Å². The number of likely N-dealkylation sites (N-methyl/N-ethyl adjacent to an activating group) is 1. The number of nitrogens with zero attached hydrogens (tertiary/aromatic N) is 3. The van der Waals surface area contributed by atoms with Gasteiger partial charge in [0.25, 0.3) is 0 Å². The molecule has 1 atom stereocenters. The predicted molar refractivity (Wildman–Crippen MR) is 79.8 cm³/mol. The minimum Gasteiger partial charge on any atom is -0.356 e. The standard InChI is InChI=1S/C15H14F3N3S/c1-10(7-11-5-6-22-9-11)21(2)14-12(8-19)3-4-13(20-14)15(16,17)18/h3-6,9-10H,7H2,1-2H3. The lowest BCUT2D eigenvalue weighted by Crippen LogP contribution is -2.32. The fraction of sp³-hybridized carbons (Fsp3) is 0.333. The first-order valence-electron chi connectivity index (χ1n) is 6.55. The molecule has 116 valence electrons. The van der Waals surface area contributed by atoms with Crippen molar-refractivity contribution in [3.05, 3.63) is 45.8 Å². The van der Waals surface area contributed by atoms with Crippen molar-refractivity contribution in [3.63, 3.8) is 0 Å². The van der Waals surface area contributed by atoms with Gasteiger partial charge < -0.3 is 4.90 Å². The second-order valence-corrected chi connectivity index (χ2v) is 5.75. The first-order valence-corrected chi connectivity index (χ1v) is 7.49. The van der Waals surface area contributed by atoms with Gasteiger partial charge in [-0.25, -0.2) is 4.98 Å². The molecule has 2 aromatic rings. The molecule has 0 N–H and O–H groups in total. The molecule has 0 aromatic carbocycles. The molecule has 0 aliphatic rings. The van der Waals surface area contributed by atoms with Crippen molar-refractivity contribution in [2.24, 2.45) is 0 Å². The Bertz CT molecular complexity index is 674. The topological polar surface area (TPSA) is 39.9 Å². The van der Waals surface area contributed by atoms with E-state index in [9.17, 15) is 13.2 Å². The molecule has 2 aromatic heterocycles. The van der Waals surface area contributed by atoms with Crippen molar-refractivity contribution in [1.82, 2.24) is 4.98 Å². The molecular formula is C15H14F3N3S. The Labute approximate surface area is 130 Å². The van der Waals surface area contributed by atoms with Gasteiger partial charge in [-0.2, -0.15) is 29.8 Å². The average molecular weight is 325 g/mol. The molecule has 2 rings (SSSR count). The lowest BCUT2D eigenvalue weighted by atomic mass is 10.1. The van der Waals surface area contributed by atoms with Gasteiger partial charge in [-0.05, 0) is 47.9 Å². The highest BCUT2D eigenvalue weighted by molar-refractivity contribution is 7.07. The van der Waals surface area contributed by atoms with Gasteiger partial charge in [-0.15, -0.1) is 0 Å². The number of halogens is 3. The molecule has 0 aliphatic heterocycles.